The molecular formula is C21H22N2O5. The topological polar surface area (TPSA) is 80.9 Å². The summed E-state index contributed by atoms with van der Waals surface area (Å²) < 4.78 is 15.3. The van der Waals surface area contributed by atoms with Crippen LogP contribution >= 0.6 is 0 Å². The standard InChI is InChI=1S/C21H22N2O5/c1-23(15-5-7-16(26-2)8-6-15)21(25)28-17-9-10-18-14(4-11-20(24)27-3)13-22-19(18)12-17/h5-10,12-13,22H,4,11H2,1-3H3. The molecule has 28 heavy (non-hydrogen) atoms. The summed E-state index contributed by atoms with van der Waals surface area (Å²) >= 11 is 0. The zero-order chi connectivity index (χ0) is 20.1. The Hall–Kier alpha value is -3.48. The Morgan fingerprint density at radius 2 is 1.75 bits per heavy atom. The van der Waals surface area contributed by atoms with Crippen molar-refractivity contribution in [2.45, 2.75) is 12.8 Å². The number of fused-ring (bicyclic) bond motifs is 1. The molecule has 0 saturated carbocycles. The summed E-state index contributed by atoms with van der Waals surface area (Å²) in [5.74, 6) is 0.895. The van der Waals surface area contributed by atoms with E-state index in [4.69, 9.17) is 9.47 Å². The first-order valence-corrected chi connectivity index (χ1v) is 8.78. The molecule has 0 atom stereocenters. The lowest BCUT2D eigenvalue weighted by Gasteiger charge is -2.17. The number of rotatable bonds is 6. The van der Waals surface area contributed by atoms with E-state index in [2.05, 4.69) is 9.72 Å². The molecule has 0 unspecified atom stereocenters. The zero-order valence-electron chi connectivity index (χ0n) is 16.0. The van der Waals surface area contributed by atoms with Crippen molar-refractivity contribution < 1.29 is 23.8 Å². The van der Waals surface area contributed by atoms with Gasteiger partial charge in [0.1, 0.15) is 11.5 Å². The molecule has 0 aliphatic rings. The van der Waals surface area contributed by atoms with Gasteiger partial charge < -0.3 is 19.2 Å². The third kappa shape index (κ3) is 4.25. The van der Waals surface area contributed by atoms with Crippen molar-refractivity contribution in [3.63, 3.8) is 0 Å². The number of hydrogen-bond donors (Lipinski definition) is 1. The number of hydrogen-bond acceptors (Lipinski definition) is 5. The first kappa shape index (κ1) is 19.3. The van der Waals surface area contributed by atoms with Gasteiger partial charge in [-0.25, -0.2) is 4.79 Å². The predicted molar refractivity (Wildman–Crippen MR) is 106 cm³/mol. The third-order valence-corrected chi connectivity index (χ3v) is 4.50. The molecule has 146 valence electrons. The number of H-pyrrole nitrogens is 1. The monoisotopic (exact) mass is 382 g/mol. The maximum Gasteiger partial charge on any atom is 0.419 e. The second kappa shape index (κ2) is 8.47. The van der Waals surface area contributed by atoms with Gasteiger partial charge in [-0.05, 0) is 48.4 Å². The summed E-state index contributed by atoms with van der Waals surface area (Å²) in [4.78, 5) is 28.3. The summed E-state index contributed by atoms with van der Waals surface area (Å²) in [5.41, 5.74) is 2.53. The van der Waals surface area contributed by atoms with Crippen molar-refractivity contribution in [1.29, 1.82) is 0 Å². The van der Waals surface area contributed by atoms with Crippen molar-refractivity contribution in [1.82, 2.24) is 4.98 Å². The van der Waals surface area contributed by atoms with Crippen molar-refractivity contribution >= 4 is 28.7 Å². The van der Waals surface area contributed by atoms with Crippen molar-refractivity contribution in [3.05, 3.63) is 54.2 Å². The summed E-state index contributed by atoms with van der Waals surface area (Å²) in [5, 5.41) is 0.979. The van der Waals surface area contributed by atoms with Crippen LogP contribution in [0.2, 0.25) is 0 Å². The number of esters is 1. The Morgan fingerprint density at radius 1 is 1.04 bits per heavy atom. The number of methoxy groups -OCH3 is 2. The van der Waals surface area contributed by atoms with Crippen LogP contribution in [0, 0.1) is 0 Å². The van der Waals surface area contributed by atoms with Gasteiger partial charge in [0, 0.05) is 42.3 Å². The fraction of sp³-hybridized carbons (Fsp3) is 0.238. The van der Waals surface area contributed by atoms with Gasteiger partial charge in [0.15, 0.2) is 0 Å². The highest BCUT2D eigenvalue weighted by molar-refractivity contribution is 5.90. The van der Waals surface area contributed by atoms with Crippen LogP contribution in [0.3, 0.4) is 0 Å². The minimum Gasteiger partial charge on any atom is -0.497 e. The molecule has 1 amide bonds. The number of carbonyl (C=O) groups is 2. The maximum absolute atomic E-state index is 12.4. The van der Waals surface area contributed by atoms with E-state index in [0.29, 0.717) is 30.0 Å². The van der Waals surface area contributed by atoms with E-state index in [1.165, 1.54) is 12.0 Å². The van der Waals surface area contributed by atoms with E-state index in [9.17, 15) is 9.59 Å². The van der Waals surface area contributed by atoms with Gasteiger partial charge in [0.05, 0.1) is 14.2 Å². The first-order valence-electron chi connectivity index (χ1n) is 8.78. The van der Waals surface area contributed by atoms with Crippen LogP contribution < -0.4 is 14.4 Å². The molecule has 0 bridgehead atoms. The highest BCUT2D eigenvalue weighted by atomic mass is 16.6. The number of aromatic amines is 1. The molecule has 1 N–H and O–H groups in total. The molecule has 1 heterocycles. The predicted octanol–water partition coefficient (Wildman–Crippen LogP) is 3.92. The molecular weight excluding hydrogens is 360 g/mol. The summed E-state index contributed by atoms with van der Waals surface area (Å²) in [7, 11) is 4.61. The lowest BCUT2D eigenvalue weighted by Crippen LogP contribution is -2.29. The van der Waals surface area contributed by atoms with Crippen LogP contribution in [0.4, 0.5) is 10.5 Å². The highest BCUT2D eigenvalue weighted by Crippen LogP contribution is 2.25. The average molecular weight is 382 g/mol. The van der Waals surface area contributed by atoms with Gasteiger partial charge in [-0.2, -0.15) is 0 Å². The van der Waals surface area contributed by atoms with E-state index in [0.717, 1.165) is 16.5 Å². The van der Waals surface area contributed by atoms with Crippen LogP contribution in [0.25, 0.3) is 10.9 Å². The van der Waals surface area contributed by atoms with E-state index < -0.39 is 6.09 Å². The Kier molecular flexibility index (Phi) is 5.84. The van der Waals surface area contributed by atoms with Crippen LogP contribution in [0.15, 0.2) is 48.7 Å². The van der Waals surface area contributed by atoms with Gasteiger partial charge >= 0.3 is 12.1 Å². The minimum absolute atomic E-state index is 0.249. The molecule has 0 fully saturated rings. The molecule has 0 saturated heterocycles. The molecule has 7 nitrogen and oxygen atoms in total. The Bertz CT molecular complexity index is 978. The normalized spacial score (nSPS) is 10.5. The summed E-state index contributed by atoms with van der Waals surface area (Å²) in [6.45, 7) is 0. The molecule has 0 spiro atoms. The number of ether oxygens (including phenoxy) is 3. The molecule has 0 radical (unpaired) electrons. The van der Waals surface area contributed by atoms with Gasteiger partial charge in [0.2, 0.25) is 0 Å². The fourth-order valence-corrected chi connectivity index (χ4v) is 2.86. The Morgan fingerprint density at radius 3 is 2.43 bits per heavy atom. The zero-order valence-corrected chi connectivity index (χ0v) is 16.0. The molecule has 0 aliphatic carbocycles. The SMILES string of the molecule is COC(=O)CCc1c[nH]c2cc(OC(=O)N(C)c3ccc(OC)cc3)ccc12. The number of nitrogens with zero attached hydrogens (tertiary/aromatic N) is 1. The second-order valence-corrected chi connectivity index (χ2v) is 6.22. The van der Waals surface area contributed by atoms with Crippen LogP contribution in [-0.4, -0.2) is 38.3 Å². The Balaban J connectivity index is 1.69. The van der Waals surface area contributed by atoms with E-state index in [1.807, 2.05) is 12.3 Å². The highest BCUT2D eigenvalue weighted by Gasteiger charge is 2.15. The number of aryl methyl sites for hydroxylation is 1. The summed E-state index contributed by atoms with van der Waals surface area (Å²) in [6, 6.07) is 12.5. The van der Waals surface area contributed by atoms with Crippen molar-refractivity contribution in [2.24, 2.45) is 0 Å². The average Bonchev–Trinajstić information content (AvgIpc) is 3.13. The molecule has 3 aromatic rings. The first-order chi connectivity index (χ1) is 13.5. The van der Waals surface area contributed by atoms with Gasteiger partial charge in [0.25, 0.3) is 0 Å². The number of aromatic nitrogens is 1. The van der Waals surface area contributed by atoms with Crippen LogP contribution in [0.5, 0.6) is 11.5 Å². The number of benzene rings is 2. The van der Waals surface area contributed by atoms with Crippen molar-refractivity contribution in [3.8, 4) is 11.5 Å². The van der Waals surface area contributed by atoms with Gasteiger partial charge in [-0.3, -0.25) is 9.69 Å². The minimum atomic E-state index is -0.498. The lowest BCUT2D eigenvalue weighted by atomic mass is 10.1. The smallest absolute Gasteiger partial charge is 0.419 e. The molecule has 1 aromatic heterocycles. The van der Waals surface area contributed by atoms with Gasteiger partial charge in [-0.1, -0.05) is 0 Å². The van der Waals surface area contributed by atoms with E-state index in [1.54, 1.807) is 50.6 Å². The molecule has 7 heteroatoms. The van der Waals surface area contributed by atoms with E-state index in [-0.39, 0.29) is 5.97 Å². The van der Waals surface area contributed by atoms with Crippen LogP contribution in [-0.2, 0) is 16.0 Å². The quantitative estimate of drug-likeness (QED) is 0.654. The molecule has 3 rings (SSSR count). The molecule has 0 aliphatic heterocycles. The Labute approximate surface area is 162 Å². The second-order valence-electron chi connectivity index (χ2n) is 6.22. The largest absolute Gasteiger partial charge is 0.497 e. The molecule has 2 aromatic carbocycles. The number of nitrogens with one attached hydrogen (secondary N) is 1. The number of amides is 1. The number of anilines is 1. The fourth-order valence-electron chi connectivity index (χ4n) is 2.86. The van der Waals surface area contributed by atoms with Gasteiger partial charge in [-0.15, -0.1) is 0 Å². The van der Waals surface area contributed by atoms with E-state index >= 15 is 0 Å². The lowest BCUT2D eigenvalue weighted by molar-refractivity contribution is -0.140. The van der Waals surface area contributed by atoms with Crippen LogP contribution in [0.1, 0.15) is 12.0 Å². The third-order valence-electron chi connectivity index (χ3n) is 4.50. The summed E-state index contributed by atoms with van der Waals surface area (Å²) in [6.07, 6.45) is 2.24. The number of carbonyl (C=O) groups excluding carboxylic acids is 2. The maximum atomic E-state index is 12.4. The van der Waals surface area contributed by atoms with Crippen molar-refractivity contribution in [2.75, 3.05) is 26.2 Å².